The van der Waals surface area contributed by atoms with Crippen molar-refractivity contribution in [3.8, 4) is 0 Å². The summed E-state index contributed by atoms with van der Waals surface area (Å²) in [5, 5.41) is 0. The van der Waals surface area contributed by atoms with Crippen LogP contribution in [0.3, 0.4) is 0 Å². The third kappa shape index (κ3) is 3.22. The van der Waals surface area contributed by atoms with Crippen LogP contribution >= 0.6 is 11.8 Å². The van der Waals surface area contributed by atoms with Crippen LogP contribution in [-0.2, 0) is 9.53 Å². The normalized spacial score (nSPS) is 33.3. The molecule has 3 heteroatoms. The summed E-state index contributed by atoms with van der Waals surface area (Å²) in [6.45, 7) is 1.53. The zero-order valence-corrected chi connectivity index (χ0v) is 10.1. The topological polar surface area (TPSA) is 26.3 Å². The maximum atomic E-state index is 12.2. The molecule has 0 aromatic rings. The second kappa shape index (κ2) is 5.90. The molecule has 2 aliphatic rings. The van der Waals surface area contributed by atoms with Crippen molar-refractivity contribution in [2.24, 2.45) is 11.8 Å². The van der Waals surface area contributed by atoms with E-state index in [9.17, 15) is 4.79 Å². The fraction of sp³-hybridized carbons (Fsp3) is 0.917. The van der Waals surface area contributed by atoms with Crippen molar-refractivity contribution >= 4 is 17.5 Å². The number of ketones is 1. The zero-order chi connectivity index (χ0) is 10.5. The van der Waals surface area contributed by atoms with E-state index in [1.807, 2.05) is 11.8 Å². The van der Waals surface area contributed by atoms with Crippen LogP contribution < -0.4 is 0 Å². The van der Waals surface area contributed by atoms with Crippen LogP contribution in [-0.4, -0.2) is 30.5 Å². The molecule has 2 saturated heterocycles. The molecule has 86 valence electrons. The molecule has 15 heavy (non-hydrogen) atoms. The van der Waals surface area contributed by atoms with Gasteiger partial charge in [0.1, 0.15) is 5.78 Å². The summed E-state index contributed by atoms with van der Waals surface area (Å²) in [4.78, 5) is 12.2. The predicted octanol–water partition coefficient (Wildman–Crippen LogP) is 2.52. The van der Waals surface area contributed by atoms with Crippen LogP contribution in [0.2, 0.25) is 0 Å². The molecule has 0 aliphatic carbocycles. The molecular formula is C12H20O2S. The van der Waals surface area contributed by atoms with Gasteiger partial charge in [-0.1, -0.05) is 0 Å². The molecule has 2 fully saturated rings. The van der Waals surface area contributed by atoms with Gasteiger partial charge in [0, 0.05) is 18.4 Å². The van der Waals surface area contributed by atoms with Gasteiger partial charge in [0.05, 0.1) is 6.61 Å². The Balaban J connectivity index is 1.87. The van der Waals surface area contributed by atoms with Gasteiger partial charge in [0.15, 0.2) is 0 Å². The maximum Gasteiger partial charge on any atom is 0.141 e. The Morgan fingerprint density at radius 3 is 2.73 bits per heavy atom. The first-order chi connectivity index (χ1) is 7.38. The minimum atomic E-state index is 0.215. The van der Waals surface area contributed by atoms with Gasteiger partial charge < -0.3 is 4.74 Å². The largest absolute Gasteiger partial charge is 0.381 e. The van der Waals surface area contributed by atoms with Crippen LogP contribution in [0.4, 0.5) is 0 Å². The van der Waals surface area contributed by atoms with Gasteiger partial charge in [-0.05, 0) is 43.6 Å². The van der Waals surface area contributed by atoms with Gasteiger partial charge in [0.2, 0.25) is 0 Å². The summed E-state index contributed by atoms with van der Waals surface area (Å²) >= 11 is 2.00. The van der Waals surface area contributed by atoms with Crippen molar-refractivity contribution in [3.05, 3.63) is 0 Å². The summed E-state index contributed by atoms with van der Waals surface area (Å²) in [5.74, 6) is 3.46. The molecule has 0 amide bonds. The first kappa shape index (κ1) is 11.5. The average Bonchev–Trinajstić information content (AvgIpc) is 2.58. The highest BCUT2D eigenvalue weighted by Crippen LogP contribution is 2.27. The molecule has 2 heterocycles. The van der Waals surface area contributed by atoms with Crippen LogP contribution in [0.25, 0.3) is 0 Å². The molecular weight excluding hydrogens is 208 g/mol. The second-order valence-corrected chi connectivity index (χ2v) is 5.78. The number of hydrogen-bond donors (Lipinski definition) is 0. The number of Topliss-reactive ketones (excluding diaryl/α,β-unsaturated/α-hetero) is 1. The molecule has 0 aromatic carbocycles. The Morgan fingerprint density at radius 1 is 1.07 bits per heavy atom. The van der Waals surface area contributed by atoms with E-state index in [0.717, 1.165) is 32.3 Å². The van der Waals surface area contributed by atoms with Gasteiger partial charge >= 0.3 is 0 Å². The van der Waals surface area contributed by atoms with E-state index >= 15 is 0 Å². The Bertz CT molecular complexity index is 204. The fourth-order valence-corrected chi connectivity index (χ4v) is 3.51. The van der Waals surface area contributed by atoms with Crippen molar-refractivity contribution in [2.45, 2.75) is 32.1 Å². The number of rotatable bonds is 2. The van der Waals surface area contributed by atoms with Crippen LogP contribution in [0, 0.1) is 11.8 Å². The SMILES string of the molecule is O=C(C1CCCSCC1)C1CCCOC1. The van der Waals surface area contributed by atoms with Crippen molar-refractivity contribution < 1.29 is 9.53 Å². The number of carbonyl (C=O) groups excluding carboxylic acids is 1. The van der Waals surface area contributed by atoms with E-state index in [0.29, 0.717) is 18.3 Å². The Labute approximate surface area is 96.1 Å². The molecule has 2 unspecified atom stereocenters. The van der Waals surface area contributed by atoms with Crippen LogP contribution in [0.15, 0.2) is 0 Å². The lowest BCUT2D eigenvalue weighted by Gasteiger charge is -2.24. The van der Waals surface area contributed by atoms with Gasteiger partial charge in [-0.2, -0.15) is 11.8 Å². The van der Waals surface area contributed by atoms with Crippen molar-refractivity contribution in [1.82, 2.24) is 0 Å². The summed E-state index contributed by atoms with van der Waals surface area (Å²) in [6.07, 6.45) is 5.55. The van der Waals surface area contributed by atoms with Crippen molar-refractivity contribution in [1.29, 1.82) is 0 Å². The zero-order valence-electron chi connectivity index (χ0n) is 9.24. The van der Waals surface area contributed by atoms with Gasteiger partial charge in [0.25, 0.3) is 0 Å². The monoisotopic (exact) mass is 228 g/mol. The fourth-order valence-electron chi connectivity index (χ4n) is 2.49. The number of thioether (sulfide) groups is 1. The highest BCUT2D eigenvalue weighted by molar-refractivity contribution is 7.99. The summed E-state index contributed by atoms with van der Waals surface area (Å²) < 4.78 is 5.40. The summed E-state index contributed by atoms with van der Waals surface area (Å²) in [7, 11) is 0. The molecule has 2 nitrogen and oxygen atoms in total. The molecule has 2 aliphatic heterocycles. The quantitative estimate of drug-likeness (QED) is 0.726. The van der Waals surface area contributed by atoms with E-state index in [2.05, 4.69) is 0 Å². The average molecular weight is 228 g/mol. The molecule has 2 rings (SSSR count). The lowest BCUT2D eigenvalue weighted by molar-refractivity contribution is -0.131. The third-order valence-corrected chi connectivity index (χ3v) is 4.52. The summed E-state index contributed by atoms with van der Waals surface area (Å²) in [5.41, 5.74) is 0. The third-order valence-electron chi connectivity index (χ3n) is 3.42. The standard InChI is InChI=1S/C12H20O2S/c13-12(11-3-1-6-14-9-11)10-4-2-7-15-8-5-10/h10-11H,1-9H2. The maximum absolute atomic E-state index is 12.2. The molecule has 0 radical (unpaired) electrons. The number of ether oxygens (including phenoxy) is 1. The van der Waals surface area contributed by atoms with Crippen molar-refractivity contribution in [2.75, 3.05) is 24.7 Å². The number of hydrogen-bond acceptors (Lipinski definition) is 3. The van der Waals surface area contributed by atoms with Gasteiger partial charge in [-0.3, -0.25) is 4.79 Å². The molecule has 0 N–H and O–H groups in total. The molecule has 2 atom stereocenters. The Morgan fingerprint density at radius 2 is 1.93 bits per heavy atom. The Hall–Kier alpha value is -0.0200. The lowest BCUT2D eigenvalue weighted by atomic mass is 9.85. The highest BCUT2D eigenvalue weighted by Gasteiger charge is 2.28. The van der Waals surface area contributed by atoms with E-state index in [4.69, 9.17) is 4.74 Å². The second-order valence-electron chi connectivity index (χ2n) is 4.56. The number of carbonyl (C=O) groups is 1. The van der Waals surface area contributed by atoms with Gasteiger partial charge in [-0.15, -0.1) is 0 Å². The molecule has 0 bridgehead atoms. The van der Waals surface area contributed by atoms with Gasteiger partial charge in [-0.25, -0.2) is 0 Å². The molecule has 0 saturated carbocycles. The predicted molar refractivity (Wildman–Crippen MR) is 63.2 cm³/mol. The molecule has 0 spiro atoms. The van der Waals surface area contributed by atoms with Crippen molar-refractivity contribution in [3.63, 3.8) is 0 Å². The smallest absolute Gasteiger partial charge is 0.141 e. The Kier molecular flexibility index (Phi) is 4.51. The highest BCUT2D eigenvalue weighted by atomic mass is 32.2. The van der Waals surface area contributed by atoms with Crippen LogP contribution in [0.1, 0.15) is 32.1 Å². The summed E-state index contributed by atoms with van der Waals surface area (Å²) in [6, 6.07) is 0. The van der Waals surface area contributed by atoms with E-state index < -0.39 is 0 Å². The minimum Gasteiger partial charge on any atom is -0.381 e. The van der Waals surface area contributed by atoms with E-state index in [-0.39, 0.29) is 5.92 Å². The van der Waals surface area contributed by atoms with E-state index in [1.165, 1.54) is 17.9 Å². The molecule has 0 aromatic heterocycles. The minimum absolute atomic E-state index is 0.215. The first-order valence-electron chi connectivity index (χ1n) is 6.07. The van der Waals surface area contributed by atoms with E-state index in [1.54, 1.807) is 0 Å². The lowest BCUT2D eigenvalue weighted by Crippen LogP contribution is -2.30. The first-order valence-corrected chi connectivity index (χ1v) is 7.22. The van der Waals surface area contributed by atoms with Crippen LogP contribution in [0.5, 0.6) is 0 Å².